The third kappa shape index (κ3) is 4.94. The summed E-state index contributed by atoms with van der Waals surface area (Å²) in [5.74, 6) is 1.21. The number of ether oxygens (including phenoxy) is 1. The van der Waals surface area contributed by atoms with Crippen LogP contribution in [0.25, 0.3) is 0 Å². The summed E-state index contributed by atoms with van der Waals surface area (Å²) in [4.78, 5) is 19.0. The number of rotatable bonds is 5. The van der Waals surface area contributed by atoms with Crippen molar-refractivity contribution in [1.29, 1.82) is 0 Å². The second-order valence-corrected chi connectivity index (χ2v) is 5.63. The van der Waals surface area contributed by atoms with E-state index in [1.165, 1.54) is 0 Å². The maximum absolute atomic E-state index is 12.5. The molecule has 2 aliphatic rings. The maximum atomic E-state index is 12.5. The van der Waals surface area contributed by atoms with Gasteiger partial charge in [-0.15, -0.1) is 24.8 Å². The lowest BCUT2D eigenvalue weighted by atomic mass is 10.1. The third-order valence-corrected chi connectivity index (χ3v) is 4.10. The Labute approximate surface area is 149 Å². The number of pyridine rings is 1. The van der Waals surface area contributed by atoms with Crippen LogP contribution in [-0.2, 0) is 4.74 Å². The van der Waals surface area contributed by atoms with Gasteiger partial charge in [-0.25, -0.2) is 4.98 Å². The van der Waals surface area contributed by atoms with Crippen LogP contribution in [0, 0.1) is 5.92 Å². The molecule has 1 saturated carbocycles. The van der Waals surface area contributed by atoms with Crippen LogP contribution in [0.5, 0.6) is 0 Å². The number of carbonyl (C=O) groups is 1. The van der Waals surface area contributed by atoms with Crippen LogP contribution in [-0.4, -0.2) is 49.8 Å². The molecule has 2 fully saturated rings. The van der Waals surface area contributed by atoms with E-state index in [1.54, 1.807) is 12.3 Å². The lowest BCUT2D eigenvalue weighted by Gasteiger charge is -2.29. The molecule has 1 aromatic rings. The SMILES string of the molecule is Cl.Cl.NCC(NC(=O)c1cccnc1N1CCOCC1)C1CC1. The normalized spacial score (nSPS) is 18.4. The van der Waals surface area contributed by atoms with Crippen molar-refractivity contribution >= 4 is 36.5 Å². The topological polar surface area (TPSA) is 80.5 Å². The van der Waals surface area contributed by atoms with Crippen molar-refractivity contribution in [1.82, 2.24) is 10.3 Å². The molecule has 1 aromatic heterocycles. The van der Waals surface area contributed by atoms with Crippen molar-refractivity contribution in [3.8, 4) is 0 Å². The van der Waals surface area contributed by atoms with Gasteiger partial charge in [-0.05, 0) is 30.9 Å². The van der Waals surface area contributed by atoms with Gasteiger partial charge in [0.1, 0.15) is 5.82 Å². The first-order valence-corrected chi connectivity index (χ1v) is 7.58. The zero-order valence-electron chi connectivity index (χ0n) is 12.9. The Balaban J connectivity index is 0.00000132. The lowest BCUT2D eigenvalue weighted by Crippen LogP contribution is -2.43. The monoisotopic (exact) mass is 362 g/mol. The van der Waals surface area contributed by atoms with E-state index >= 15 is 0 Å². The van der Waals surface area contributed by atoms with Gasteiger partial charge in [-0.3, -0.25) is 4.79 Å². The summed E-state index contributed by atoms with van der Waals surface area (Å²) in [6, 6.07) is 3.70. The minimum Gasteiger partial charge on any atom is -0.378 e. The number of hydrogen-bond acceptors (Lipinski definition) is 5. The Hall–Kier alpha value is -1.08. The number of anilines is 1. The molecule has 1 unspecified atom stereocenters. The smallest absolute Gasteiger partial charge is 0.255 e. The van der Waals surface area contributed by atoms with Gasteiger partial charge in [0.25, 0.3) is 5.91 Å². The van der Waals surface area contributed by atoms with Crippen LogP contribution in [0.1, 0.15) is 23.2 Å². The quantitative estimate of drug-likeness (QED) is 0.823. The van der Waals surface area contributed by atoms with Gasteiger partial charge in [0.15, 0.2) is 0 Å². The fourth-order valence-corrected chi connectivity index (χ4v) is 2.72. The first kappa shape index (κ1) is 20.0. The summed E-state index contributed by atoms with van der Waals surface area (Å²) >= 11 is 0. The van der Waals surface area contributed by atoms with Gasteiger partial charge in [0, 0.05) is 31.9 Å². The molecule has 2 heterocycles. The molecule has 1 amide bonds. The van der Waals surface area contributed by atoms with Gasteiger partial charge in [0.2, 0.25) is 0 Å². The molecule has 0 spiro atoms. The summed E-state index contributed by atoms with van der Waals surface area (Å²) in [7, 11) is 0. The highest BCUT2D eigenvalue weighted by molar-refractivity contribution is 5.99. The highest BCUT2D eigenvalue weighted by Crippen LogP contribution is 2.32. The van der Waals surface area contributed by atoms with E-state index in [1.807, 2.05) is 6.07 Å². The zero-order chi connectivity index (χ0) is 14.7. The van der Waals surface area contributed by atoms with Gasteiger partial charge < -0.3 is 20.7 Å². The van der Waals surface area contributed by atoms with Crippen LogP contribution in [0.15, 0.2) is 18.3 Å². The molecular weight excluding hydrogens is 339 g/mol. The van der Waals surface area contributed by atoms with E-state index in [4.69, 9.17) is 10.5 Å². The molecule has 3 rings (SSSR count). The molecule has 1 saturated heterocycles. The van der Waals surface area contributed by atoms with Crippen LogP contribution < -0.4 is 16.0 Å². The average molecular weight is 363 g/mol. The zero-order valence-corrected chi connectivity index (χ0v) is 14.6. The first-order chi connectivity index (χ1) is 10.3. The van der Waals surface area contributed by atoms with Crippen LogP contribution in [0.4, 0.5) is 5.82 Å². The Morgan fingerprint density at radius 1 is 1.39 bits per heavy atom. The van der Waals surface area contributed by atoms with E-state index < -0.39 is 0 Å². The Bertz CT molecular complexity index is 508. The Morgan fingerprint density at radius 2 is 2.09 bits per heavy atom. The van der Waals surface area contributed by atoms with E-state index in [2.05, 4.69) is 15.2 Å². The van der Waals surface area contributed by atoms with E-state index in [9.17, 15) is 4.79 Å². The summed E-state index contributed by atoms with van der Waals surface area (Å²) in [5, 5.41) is 3.06. The predicted molar refractivity (Wildman–Crippen MR) is 94.8 cm³/mol. The van der Waals surface area contributed by atoms with Crippen molar-refractivity contribution in [3.63, 3.8) is 0 Å². The second kappa shape index (κ2) is 9.27. The van der Waals surface area contributed by atoms with Crippen molar-refractivity contribution in [2.75, 3.05) is 37.7 Å². The van der Waals surface area contributed by atoms with Crippen LogP contribution in [0.2, 0.25) is 0 Å². The van der Waals surface area contributed by atoms with E-state index in [0.717, 1.165) is 31.7 Å². The molecule has 0 bridgehead atoms. The number of hydrogen-bond donors (Lipinski definition) is 2. The number of nitrogens with zero attached hydrogens (tertiary/aromatic N) is 2. The van der Waals surface area contributed by atoms with E-state index in [-0.39, 0.29) is 36.8 Å². The molecule has 8 heteroatoms. The minimum atomic E-state index is -0.0769. The van der Waals surface area contributed by atoms with E-state index in [0.29, 0.717) is 31.2 Å². The standard InChI is InChI=1S/C15H22N4O2.2ClH/c16-10-13(11-3-4-11)18-15(20)12-2-1-5-17-14(12)19-6-8-21-9-7-19;;/h1-2,5,11,13H,3-4,6-10,16H2,(H,18,20);2*1H. The molecular formula is C15H24Cl2N4O2. The predicted octanol–water partition coefficient (Wildman–Crippen LogP) is 1.23. The highest BCUT2D eigenvalue weighted by Gasteiger charge is 2.32. The molecule has 1 atom stereocenters. The molecule has 130 valence electrons. The number of nitrogens with one attached hydrogen (secondary N) is 1. The van der Waals surface area contributed by atoms with Gasteiger partial charge >= 0.3 is 0 Å². The third-order valence-electron chi connectivity index (χ3n) is 4.10. The van der Waals surface area contributed by atoms with Gasteiger partial charge in [-0.1, -0.05) is 0 Å². The van der Waals surface area contributed by atoms with Crippen molar-refractivity contribution in [2.24, 2.45) is 11.7 Å². The Kier molecular flexibility index (Phi) is 8.05. The fourth-order valence-electron chi connectivity index (χ4n) is 2.72. The van der Waals surface area contributed by atoms with Crippen molar-refractivity contribution < 1.29 is 9.53 Å². The average Bonchev–Trinajstić information content (AvgIpc) is 3.38. The maximum Gasteiger partial charge on any atom is 0.255 e. The number of morpholine rings is 1. The number of halogens is 2. The summed E-state index contributed by atoms with van der Waals surface area (Å²) in [6.45, 7) is 3.36. The fraction of sp³-hybridized carbons (Fsp3) is 0.600. The van der Waals surface area contributed by atoms with Crippen molar-refractivity contribution in [2.45, 2.75) is 18.9 Å². The Morgan fingerprint density at radius 3 is 2.70 bits per heavy atom. The number of aromatic nitrogens is 1. The van der Waals surface area contributed by atoms with Crippen LogP contribution in [0.3, 0.4) is 0 Å². The largest absolute Gasteiger partial charge is 0.378 e. The molecule has 0 radical (unpaired) electrons. The molecule has 6 nitrogen and oxygen atoms in total. The van der Waals surface area contributed by atoms with Crippen molar-refractivity contribution in [3.05, 3.63) is 23.9 Å². The van der Waals surface area contributed by atoms with Gasteiger partial charge in [0.05, 0.1) is 18.8 Å². The number of amides is 1. The number of nitrogens with two attached hydrogens (primary N) is 1. The second-order valence-electron chi connectivity index (χ2n) is 5.63. The summed E-state index contributed by atoms with van der Waals surface area (Å²) < 4.78 is 5.36. The highest BCUT2D eigenvalue weighted by atomic mass is 35.5. The summed E-state index contributed by atoms with van der Waals surface area (Å²) in [6.07, 6.45) is 4.04. The molecule has 23 heavy (non-hydrogen) atoms. The lowest BCUT2D eigenvalue weighted by molar-refractivity contribution is 0.0931. The first-order valence-electron chi connectivity index (χ1n) is 7.58. The molecule has 0 aromatic carbocycles. The molecule has 1 aliphatic heterocycles. The van der Waals surface area contributed by atoms with Gasteiger partial charge in [-0.2, -0.15) is 0 Å². The van der Waals surface area contributed by atoms with Crippen LogP contribution >= 0.6 is 24.8 Å². The minimum absolute atomic E-state index is 0. The molecule has 3 N–H and O–H groups in total. The summed E-state index contributed by atoms with van der Waals surface area (Å²) in [5.41, 5.74) is 6.39. The number of carbonyl (C=O) groups excluding carboxylic acids is 1. The molecule has 1 aliphatic carbocycles.